The van der Waals surface area contributed by atoms with Crippen molar-refractivity contribution in [2.75, 3.05) is 25.5 Å². The van der Waals surface area contributed by atoms with Gasteiger partial charge in [0.25, 0.3) is 0 Å². The third-order valence-electron chi connectivity index (χ3n) is 4.76. The van der Waals surface area contributed by atoms with Gasteiger partial charge in [-0.15, -0.1) is 0 Å². The lowest BCUT2D eigenvalue weighted by atomic mass is 10.1. The van der Waals surface area contributed by atoms with Gasteiger partial charge in [-0.3, -0.25) is 14.6 Å². The second kappa shape index (κ2) is 11.8. The number of ether oxygens (including phenoxy) is 1. The Bertz CT molecular complexity index is 898. The standard InChI is InChI=1S/C22H30FN5O4/c1-4-6-7-15(18(23)5-2)14-28-20(25-16-8-10-17(32-3)11-9-16)26-21(30)27(22(28)31)13-12-19(24)29/h5,7-11,21,30H,4,6,12-14H2,1-3H3,(H2,24,29)(H,25,26)/b15-7-,18-5+. The van der Waals surface area contributed by atoms with Crippen LogP contribution in [0, 0.1) is 0 Å². The Balaban J connectivity index is 2.39. The van der Waals surface area contributed by atoms with Gasteiger partial charge >= 0.3 is 6.03 Å². The Morgan fingerprint density at radius 1 is 1.38 bits per heavy atom. The molecule has 2 rings (SSSR count). The molecule has 0 saturated carbocycles. The zero-order valence-corrected chi connectivity index (χ0v) is 18.5. The number of amides is 3. The fourth-order valence-electron chi connectivity index (χ4n) is 2.99. The summed E-state index contributed by atoms with van der Waals surface area (Å²) in [6.45, 7) is 3.30. The molecule has 1 aliphatic rings. The minimum Gasteiger partial charge on any atom is -0.497 e. The van der Waals surface area contributed by atoms with Crippen LogP contribution in [0.5, 0.6) is 5.75 Å². The van der Waals surface area contributed by atoms with E-state index in [4.69, 9.17) is 10.5 Å². The average molecular weight is 448 g/mol. The van der Waals surface area contributed by atoms with Crippen LogP contribution in [0.1, 0.15) is 33.1 Å². The number of allylic oxidation sites excluding steroid dienone is 2. The van der Waals surface area contributed by atoms with Crippen LogP contribution in [-0.2, 0) is 4.79 Å². The quantitative estimate of drug-likeness (QED) is 0.476. The van der Waals surface area contributed by atoms with Gasteiger partial charge in [0.15, 0.2) is 0 Å². The molecule has 10 heteroatoms. The zero-order chi connectivity index (χ0) is 23.7. The lowest BCUT2D eigenvalue weighted by Crippen LogP contribution is -2.57. The lowest BCUT2D eigenvalue weighted by Gasteiger charge is -2.37. The Hall–Kier alpha value is -3.40. The van der Waals surface area contributed by atoms with Crippen LogP contribution in [-0.4, -0.2) is 59.4 Å². The maximum absolute atomic E-state index is 14.5. The lowest BCUT2D eigenvalue weighted by molar-refractivity contribution is -0.118. The highest BCUT2D eigenvalue weighted by atomic mass is 19.1. The highest BCUT2D eigenvalue weighted by molar-refractivity contribution is 6.05. The fraction of sp³-hybridized carbons (Fsp3) is 0.409. The van der Waals surface area contributed by atoms with Crippen molar-refractivity contribution in [1.82, 2.24) is 9.80 Å². The fourth-order valence-corrected chi connectivity index (χ4v) is 2.99. The summed E-state index contributed by atoms with van der Waals surface area (Å²) in [7, 11) is 1.55. The maximum Gasteiger partial charge on any atom is 0.330 e. The van der Waals surface area contributed by atoms with E-state index in [1.54, 1.807) is 44.4 Å². The molecule has 0 aliphatic carbocycles. The molecule has 1 heterocycles. The first kappa shape index (κ1) is 24.9. The molecule has 4 N–H and O–H groups in total. The second-order valence-corrected chi connectivity index (χ2v) is 7.09. The van der Waals surface area contributed by atoms with Crippen molar-refractivity contribution in [1.29, 1.82) is 0 Å². The molecule has 1 aliphatic heterocycles. The van der Waals surface area contributed by atoms with Crippen molar-refractivity contribution in [3.63, 3.8) is 0 Å². The molecule has 32 heavy (non-hydrogen) atoms. The number of anilines is 1. The number of rotatable bonds is 10. The number of guanidine groups is 1. The van der Waals surface area contributed by atoms with Crippen LogP contribution in [0.4, 0.5) is 14.9 Å². The minimum absolute atomic E-state index is 0.0503. The first-order chi connectivity index (χ1) is 15.3. The van der Waals surface area contributed by atoms with E-state index in [-0.39, 0.29) is 25.5 Å². The minimum atomic E-state index is -1.52. The molecule has 0 fully saturated rings. The van der Waals surface area contributed by atoms with Crippen molar-refractivity contribution >= 4 is 23.6 Å². The number of benzene rings is 1. The summed E-state index contributed by atoms with van der Waals surface area (Å²) < 4.78 is 19.7. The molecule has 1 aromatic carbocycles. The Kier molecular flexibility index (Phi) is 9.21. The van der Waals surface area contributed by atoms with Crippen molar-refractivity contribution in [3.05, 3.63) is 47.8 Å². The van der Waals surface area contributed by atoms with E-state index < -0.39 is 24.1 Å². The van der Waals surface area contributed by atoms with Crippen LogP contribution in [0.25, 0.3) is 0 Å². The molecule has 1 aromatic rings. The molecule has 174 valence electrons. The molecule has 9 nitrogen and oxygen atoms in total. The first-order valence-electron chi connectivity index (χ1n) is 10.3. The number of primary amides is 1. The number of aliphatic hydroxyl groups excluding tert-OH is 1. The monoisotopic (exact) mass is 447 g/mol. The molecule has 3 amide bonds. The van der Waals surface area contributed by atoms with Crippen LogP contribution in [0.2, 0.25) is 0 Å². The first-order valence-corrected chi connectivity index (χ1v) is 10.3. The Morgan fingerprint density at radius 3 is 2.62 bits per heavy atom. The predicted molar refractivity (Wildman–Crippen MR) is 121 cm³/mol. The number of carbonyl (C=O) groups excluding carboxylic acids is 2. The molecule has 0 bridgehead atoms. The Morgan fingerprint density at radius 2 is 2.06 bits per heavy atom. The van der Waals surface area contributed by atoms with Gasteiger partial charge in [0.2, 0.25) is 18.2 Å². The second-order valence-electron chi connectivity index (χ2n) is 7.09. The summed E-state index contributed by atoms with van der Waals surface area (Å²) in [6, 6.07) is 6.25. The van der Waals surface area contributed by atoms with E-state index in [1.807, 2.05) is 6.92 Å². The van der Waals surface area contributed by atoms with Crippen molar-refractivity contribution in [2.24, 2.45) is 10.7 Å². The smallest absolute Gasteiger partial charge is 0.330 e. The molecular formula is C22H30FN5O4. The van der Waals surface area contributed by atoms with Gasteiger partial charge < -0.3 is 20.9 Å². The Labute approximate surface area is 187 Å². The summed E-state index contributed by atoms with van der Waals surface area (Å²) in [6.07, 6.45) is 2.83. The third-order valence-corrected chi connectivity index (χ3v) is 4.76. The highest BCUT2D eigenvalue weighted by Crippen LogP contribution is 2.22. The number of urea groups is 1. The van der Waals surface area contributed by atoms with Gasteiger partial charge in [0.05, 0.1) is 13.7 Å². The zero-order valence-electron chi connectivity index (χ0n) is 18.5. The van der Waals surface area contributed by atoms with Gasteiger partial charge in [-0.2, -0.15) is 4.99 Å². The number of nitrogens with two attached hydrogens (primary N) is 1. The van der Waals surface area contributed by atoms with Crippen LogP contribution in [0.15, 0.2) is 52.8 Å². The van der Waals surface area contributed by atoms with E-state index >= 15 is 0 Å². The van der Waals surface area contributed by atoms with E-state index in [1.165, 1.54) is 11.0 Å². The van der Waals surface area contributed by atoms with Gasteiger partial charge in [0.1, 0.15) is 11.6 Å². The maximum atomic E-state index is 14.5. The molecule has 0 aromatic heterocycles. The summed E-state index contributed by atoms with van der Waals surface area (Å²) in [4.78, 5) is 30.8. The molecule has 0 radical (unpaired) electrons. The van der Waals surface area contributed by atoms with Crippen LogP contribution < -0.4 is 15.8 Å². The van der Waals surface area contributed by atoms with Gasteiger partial charge in [-0.05, 0) is 37.6 Å². The van der Waals surface area contributed by atoms with E-state index in [0.717, 1.165) is 11.3 Å². The molecule has 1 atom stereocenters. The van der Waals surface area contributed by atoms with Crippen molar-refractivity contribution in [2.45, 2.75) is 39.5 Å². The van der Waals surface area contributed by atoms with E-state index in [9.17, 15) is 19.1 Å². The summed E-state index contributed by atoms with van der Waals surface area (Å²) >= 11 is 0. The largest absolute Gasteiger partial charge is 0.497 e. The molecule has 0 spiro atoms. The number of nitrogens with one attached hydrogen (secondary N) is 1. The van der Waals surface area contributed by atoms with Crippen molar-refractivity contribution in [3.8, 4) is 5.75 Å². The third kappa shape index (κ3) is 6.55. The normalized spacial score (nSPS) is 17.3. The number of nitrogens with zero attached hydrogens (tertiary/aromatic N) is 3. The van der Waals surface area contributed by atoms with Crippen LogP contribution >= 0.6 is 0 Å². The number of carbonyl (C=O) groups is 2. The van der Waals surface area contributed by atoms with Gasteiger partial charge in [-0.1, -0.05) is 25.5 Å². The number of hydrogen-bond donors (Lipinski definition) is 3. The number of unbranched alkanes of at least 4 members (excludes halogenated alkanes) is 1. The number of aliphatic hydroxyl groups is 1. The van der Waals surface area contributed by atoms with Crippen LogP contribution in [0.3, 0.4) is 0 Å². The summed E-state index contributed by atoms with van der Waals surface area (Å²) in [5.41, 5.74) is 6.09. The van der Waals surface area contributed by atoms with Crippen molar-refractivity contribution < 1.29 is 23.8 Å². The summed E-state index contributed by atoms with van der Waals surface area (Å²) in [5, 5.41) is 13.4. The predicted octanol–water partition coefficient (Wildman–Crippen LogP) is 2.95. The molecular weight excluding hydrogens is 417 g/mol. The molecule has 1 unspecified atom stereocenters. The van der Waals surface area contributed by atoms with E-state index in [0.29, 0.717) is 23.4 Å². The number of halogens is 1. The van der Waals surface area contributed by atoms with Gasteiger partial charge in [0, 0.05) is 24.2 Å². The van der Waals surface area contributed by atoms with Gasteiger partial charge in [-0.25, -0.2) is 9.18 Å². The number of hydrogen-bond acceptors (Lipinski definition) is 6. The van der Waals surface area contributed by atoms with E-state index in [2.05, 4.69) is 10.3 Å². The number of aliphatic imine (C=N–C) groups is 1. The topological polar surface area (TPSA) is 120 Å². The summed E-state index contributed by atoms with van der Waals surface area (Å²) in [5.74, 6) is -0.378. The highest BCUT2D eigenvalue weighted by Gasteiger charge is 2.35. The SMILES string of the molecule is C/C=C(F)\C(=C/CCC)CN1C(=O)N(CCC(N)=O)C(O)N=C1Nc1ccc(OC)cc1. The molecule has 0 saturated heterocycles. The number of methoxy groups -OCH3 is 1. The average Bonchev–Trinajstić information content (AvgIpc) is 2.78.